The van der Waals surface area contributed by atoms with Crippen LogP contribution in [0.3, 0.4) is 0 Å². The first-order valence-electron chi connectivity index (χ1n) is 4.54. The molecule has 0 amide bonds. The highest BCUT2D eigenvalue weighted by molar-refractivity contribution is 5.31. The van der Waals surface area contributed by atoms with Gasteiger partial charge in [0.1, 0.15) is 5.75 Å². The SMILES string of the molecule is CCOc1cc[c]c(C2CC2)c1. The molecular weight excluding hydrogens is 148 g/mol. The first-order chi connectivity index (χ1) is 5.90. The molecular formula is C11H13O. The molecule has 0 saturated heterocycles. The Morgan fingerprint density at radius 1 is 1.58 bits per heavy atom. The van der Waals surface area contributed by atoms with Crippen LogP contribution in [0.1, 0.15) is 31.2 Å². The summed E-state index contributed by atoms with van der Waals surface area (Å²) in [5, 5.41) is 0. The molecule has 63 valence electrons. The van der Waals surface area contributed by atoms with Gasteiger partial charge in [-0.1, -0.05) is 6.07 Å². The second-order valence-electron chi connectivity index (χ2n) is 3.19. The molecule has 1 heteroatoms. The van der Waals surface area contributed by atoms with E-state index in [1.807, 2.05) is 19.1 Å². The molecule has 2 rings (SSSR count). The number of hydrogen-bond acceptors (Lipinski definition) is 1. The fourth-order valence-corrected chi connectivity index (χ4v) is 1.35. The van der Waals surface area contributed by atoms with Crippen LogP contribution in [0.15, 0.2) is 18.2 Å². The van der Waals surface area contributed by atoms with Gasteiger partial charge >= 0.3 is 0 Å². The lowest BCUT2D eigenvalue weighted by Gasteiger charge is -2.03. The van der Waals surface area contributed by atoms with Crippen LogP contribution in [0.4, 0.5) is 0 Å². The van der Waals surface area contributed by atoms with Gasteiger partial charge in [0, 0.05) is 0 Å². The lowest BCUT2D eigenvalue weighted by atomic mass is 10.1. The predicted octanol–water partition coefficient (Wildman–Crippen LogP) is 2.76. The second-order valence-corrected chi connectivity index (χ2v) is 3.19. The molecule has 1 nitrogen and oxygen atoms in total. The molecule has 1 aliphatic rings. The first kappa shape index (κ1) is 7.66. The minimum absolute atomic E-state index is 0.744. The maximum absolute atomic E-state index is 5.40. The predicted molar refractivity (Wildman–Crippen MR) is 48.4 cm³/mol. The lowest BCUT2D eigenvalue weighted by Crippen LogP contribution is -1.91. The van der Waals surface area contributed by atoms with Crippen LogP contribution < -0.4 is 4.74 Å². The third-order valence-electron chi connectivity index (χ3n) is 2.12. The Morgan fingerprint density at radius 3 is 3.08 bits per heavy atom. The molecule has 0 bridgehead atoms. The van der Waals surface area contributed by atoms with E-state index in [0.717, 1.165) is 18.3 Å². The van der Waals surface area contributed by atoms with E-state index in [1.165, 1.54) is 18.4 Å². The van der Waals surface area contributed by atoms with Crippen molar-refractivity contribution in [2.24, 2.45) is 0 Å². The summed E-state index contributed by atoms with van der Waals surface area (Å²) in [5.74, 6) is 1.75. The topological polar surface area (TPSA) is 9.23 Å². The molecule has 1 aromatic carbocycles. The number of ether oxygens (including phenoxy) is 1. The number of benzene rings is 1. The number of hydrogen-bond donors (Lipinski definition) is 0. The van der Waals surface area contributed by atoms with E-state index in [9.17, 15) is 0 Å². The zero-order valence-corrected chi connectivity index (χ0v) is 7.34. The van der Waals surface area contributed by atoms with Crippen LogP contribution in [-0.2, 0) is 0 Å². The highest BCUT2D eigenvalue weighted by atomic mass is 16.5. The minimum Gasteiger partial charge on any atom is -0.494 e. The Kier molecular flexibility index (Phi) is 2.03. The zero-order valence-electron chi connectivity index (χ0n) is 7.34. The maximum atomic E-state index is 5.40. The molecule has 0 heterocycles. The highest BCUT2D eigenvalue weighted by Gasteiger charge is 2.23. The van der Waals surface area contributed by atoms with Crippen molar-refractivity contribution in [1.29, 1.82) is 0 Å². The summed E-state index contributed by atoms with van der Waals surface area (Å²) < 4.78 is 5.40. The summed E-state index contributed by atoms with van der Waals surface area (Å²) in [6.07, 6.45) is 2.65. The van der Waals surface area contributed by atoms with Crippen LogP contribution in [0.2, 0.25) is 0 Å². The van der Waals surface area contributed by atoms with Crippen LogP contribution in [0, 0.1) is 6.07 Å². The fourth-order valence-electron chi connectivity index (χ4n) is 1.35. The summed E-state index contributed by atoms with van der Waals surface area (Å²) in [5.41, 5.74) is 1.32. The van der Waals surface area contributed by atoms with Gasteiger partial charge in [-0.25, -0.2) is 0 Å². The molecule has 1 aromatic rings. The third-order valence-corrected chi connectivity index (χ3v) is 2.12. The standard InChI is InChI=1S/C11H13O/c1-2-12-11-5-3-4-10(8-11)9-6-7-9/h3,5,8-9H,2,6-7H2,1H3. The average molecular weight is 161 g/mol. The van der Waals surface area contributed by atoms with Crippen molar-refractivity contribution in [3.8, 4) is 5.75 Å². The Hall–Kier alpha value is -0.980. The van der Waals surface area contributed by atoms with Gasteiger partial charge in [0.2, 0.25) is 0 Å². The summed E-state index contributed by atoms with van der Waals surface area (Å²) in [7, 11) is 0. The lowest BCUT2D eigenvalue weighted by molar-refractivity contribution is 0.340. The molecule has 0 spiro atoms. The van der Waals surface area contributed by atoms with Crippen molar-refractivity contribution in [2.75, 3.05) is 6.61 Å². The maximum Gasteiger partial charge on any atom is 0.119 e. The van der Waals surface area contributed by atoms with E-state index in [-0.39, 0.29) is 0 Å². The molecule has 0 N–H and O–H groups in total. The van der Waals surface area contributed by atoms with Crippen LogP contribution in [0.25, 0.3) is 0 Å². The molecule has 12 heavy (non-hydrogen) atoms. The minimum atomic E-state index is 0.744. The van der Waals surface area contributed by atoms with Gasteiger partial charge in [0.15, 0.2) is 0 Å². The monoisotopic (exact) mass is 161 g/mol. The molecule has 1 saturated carbocycles. The largest absolute Gasteiger partial charge is 0.494 e. The van der Waals surface area contributed by atoms with Crippen molar-refractivity contribution < 1.29 is 4.74 Å². The van der Waals surface area contributed by atoms with Gasteiger partial charge in [-0.05, 0) is 49.4 Å². The highest BCUT2D eigenvalue weighted by Crippen LogP contribution is 2.40. The van der Waals surface area contributed by atoms with E-state index >= 15 is 0 Å². The number of rotatable bonds is 3. The molecule has 1 aliphatic carbocycles. The van der Waals surface area contributed by atoms with E-state index in [4.69, 9.17) is 4.74 Å². The van der Waals surface area contributed by atoms with Crippen molar-refractivity contribution in [3.05, 3.63) is 29.8 Å². The van der Waals surface area contributed by atoms with Crippen molar-refractivity contribution >= 4 is 0 Å². The van der Waals surface area contributed by atoms with Gasteiger partial charge in [-0.2, -0.15) is 0 Å². The molecule has 1 radical (unpaired) electrons. The Balaban J connectivity index is 2.15. The summed E-state index contributed by atoms with van der Waals surface area (Å²) in [6, 6.07) is 9.29. The molecule has 0 unspecified atom stereocenters. The smallest absolute Gasteiger partial charge is 0.119 e. The van der Waals surface area contributed by atoms with Crippen molar-refractivity contribution in [3.63, 3.8) is 0 Å². The van der Waals surface area contributed by atoms with Crippen molar-refractivity contribution in [2.45, 2.75) is 25.7 Å². The summed E-state index contributed by atoms with van der Waals surface area (Å²) >= 11 is 0. The Labute approximate surface area is 73.4 Å². The summed E-state index contributed by atoms with van der Waals surface area (Å²) in [4.78, 5) is 0. The van der Waals surface area contributed by atoms with Gasteiger partial charge in [0.25, 0.3) is 0 Å². The second kappa shape index (κ2) is 3.18. The quantitative estimate of drug-likeness (QED) is 0.662. The Bertz CT molecular complexity index is 263. The van der Waals surface area contributed by atoms with Gasteiger partial charge in [-0.3, -0.25) is 0 Å². The Morgan fingerprint density at radius 2 is 2.42 bits per heavy atom. The van der Waals surface area contributed by atoms with E-state index in [2.05, 4.69) is 12.1 Å². The first-order valence-corrected chi connectivity index (χ1v) is 4.54. The van der Waals surface area contributed by atoms with Gasteiger partial charge in [0.05, 0.1) is 6.61 Å². The van der Waals surface area contributed by atoms with Crippen LogP contribution in [0.5, 0.6) is 5.75 Å². The summed E-state index contributed by atoms with van der Waals surface area (Å²) in [6.45, 7) is 2.75. The molecule has 0 aromatic heterocycles. The molecule has 0 aliphatic heterocycles. The van der Waals surface area contributed by atoms with Crippen molar-refractivity contribution in [1.82, 2.24) is 0 Å². The average Bonchev–Trinajstić information content (AvgIpc) is 2.88. The van der Waals surface area contributed by atoms with E-state index in [0.29, 0.717) is 0 Å². The molecule has 0 atom stereocenters. The molecule has 1 fully saturated rings. The normalized spacial score (nSPS) is 16.1. The fraction of sp³-hybridized carbons (Fsp3) is 0.455. The zero-order chi connectivity index (χ0) is 8.39. The van der Waals surface area contributed by atoms with E-state index in [1.54, 1.807) is 0 Å². The van der Waals surface area contributed by atoms with Crippen LogP contribution >= 0.6 is 0 Å². The van der Waals surface area contributed by atoms with Gasteiger partial charge < -0.3 is 4.74 Å². The van der Waals surface area contributed by atoms with Crippen LogP contribution in [-0.4, -0.2) is 6.61 Å². The van der Waals surface area contributed by atoms with E-state index < -0.39 is 0 Å². The third kappa shape index (κ3) is 1.60. The van der Waals surface area contributed by atoms with Gasteiger partial charge in [-0.15, -0.1) is 0 Å².